The van der Waals surface area contributed by atoms with Gasteiger partial charge >= 0.3 is 5.97 Å². The molecule has 18 heavy (non-hydrogen) atoms. The molecule has 0 aliphatic carbocycles. The molecule has 3 nitrogen and oxygen atoms in total. The van der Waals surface area contributed by atoms with Gasteiger partial charge in [-0.2, -0.15) is 11.8 Å². The molecule has 5 heteroatoms. The molecule has 1 aliphatic heterocycles. The van der Waals surface area contributed by atoms with Gasteiger partial charge in [-0.25, -0.2) is 4.79 Å². The minimum Gasteiger partial charge on any atom is -0.465 e. The van der Waals surface area contributed by atoms with Gasteiger partial charge in [0.15, 0.2) is 0 Å². The first-order valence-corrected chi connectivity index (χ1v) is 7.46. The Labute approximate surface area is 116 Å². The molecular weight excluding hydrogens is 270 g/mol. The number of halogens is 1. The number of hydrogen-bond donors (Lipinski definition) is 1. The van der Waals surface area contributed by atoms with E-state index in [1.54, 1.807) is 18.2 Å². The van der Waals surface area contributed by atoms with E-state index in [4.69, 9.17) is 16.3 Å². The van der Waals surface area contributed by atoms with Crippen LogP contribution in [0.3, 0.4) is 0 Å². The van der Waals surface area contributed by atoms with Gasteiger partial charge in [0.25, 0.3) is 0 Å². The highest BCUT2D eigenvalue weighted by molar-refractivity contribution is 7.99. The van der Waals surface area contributed by atoms with Crippen LogP contribution in [0, 0.1) is 0 Å². The Morgan fingerprint density at radius 1 is 1.44 bits per heavy atom. The number of ether oxygens (including phenoxy) is 1. The normalized spacial score (nSPS) is 16.3. The fraction of sp³-hybridized carbons (Fsp3) is 0.462. The first kappa shape index (κ1) is 13.6. The number of rotatable bonds is 3. The van der Waals surface area contributed by atoms with E-state index in [1.165, 1.54) is 18.6 Å². The SMILES string of the molecule is COC(=O)c1ccc(Cl)c(NC2CCSCC2)c1. The number of nitrogens with one attached hydrogen (secondary N) is 1. The summed E-state index contributed by atoms with van der Waals surface area (Å²) in [5.41, 5.74) is 1.34. The van der Waals surface area contributed by atoms with E-state index in [2.05, 4.69) is 5.32 Å². The molecule has 0 bridgehead atoms. The molecule has 98 valence electrons. The lowest BCUT2D eigenvalue weighted by Crippen LogP contribution is -2.24. The third-order valence-corrected chi connectivity index (χ3v) is 4.35. The Bertz CT molecular complexity index is 433. The second-order valence-electron chi connectivity index (χ2n) is 4.22. The molecule has 0 spiro atoms. The lowest BCUT2D eigenvalue weighted by atomic mass is 10.1. The number of hydrogen-bond acceptors (Lipinski definition) is 4. The van der Waals surface area contributed by atoms with Crippen molar-refractivity contribution in [1.29, 1.82) is 0 Å². The number of esters is 1. The molecule has 0 atom stereocenters. The molecule has 1 aromatic carbocycles. The van der Waals surface area contributed by atoms with Crippen LogP contribution in [0.1, 0.15) is 23.2 Å². The van der Waals surface area contributed by atoms with Crippen molar-refractivity contribution in [3.05, 3.63) is 28.8 Å². The molecule has 1 aromatic rings. The van der Waals surface area contributed by atoms with Crippen LogP contribution in [-0.2, 0) is 4.74 Å². The van der Waals surface area contributed by atoms with Gasteiger partial charge < -0.3 is 10.1 Å². The van der Waals surface area contributed by atoms with Crippen molar-refractivity contribution in [2.45, 2.75) is 18.9 Å². The fourth-order valence-electron chi connectivity index (χ4n) is 1.94. The topological polar surface area (TPSA) is 38.3 Å². The van der Waals surface area contributed by atoms with Gasteiger partial charge in [0.05, 0.1) is 23.4 Å². The second-order valence-corrected chi connectivity index (χ2v) is 5.85. The van der Waals surface area contributed by atoms with Crippen LogP contribution >= 0.6 is 23.4 Å². The maximum Gasteiger partial charge on any atom is 0.337 e. The Morgan fingerprint density at radius 2 is 2.17 bits per heavy atom. The Kier molecular flexibility index (Phi) is 4.78. The third kappa shape index (κ3) is 3.33. The lowest BCUT2D eigenvalue weighted by Gasteiger charge is -2.24. The largest absolute Gasteiger partial charge is 0.465 e. The van der Waals surface area contributed by atoms with E-state index in [-0.39, 0.29) is 5.97 Å². The molecule has 1 aliphatic rings. The summed E-state index contributed by atoms with van der Waals surface area (Å²) in [5.74, 6) is 2.01. The molecule has 0 aromatic heterocycles. The number of benzene rings is 1. The van der Waals surface area contributed by atoms with Crippen LogP contribution in [0.4, 0.5) is 5.69 Å². The maximum atomic E-state index is 11.5. The van der Waals surface area contributed by atoms with Gasteiger partial charge in [0.1, 0.15) is 0 Å². The molecule has 1 N–H and O–H groups in total. The predicted molar refractivity (Wildman–Crippen MR) is 76.8 cm³/mol. The van der Waals surface area contributed by atoms with Crippen molar-refractivity contribution in [1.82, 2.24) is 0 Å². The monoisotopic (exact) mass is 285 g/mol. The smallest absolute Gasteiger partial charge is 0.337 e. The maximum absolute atomic E-state index is 11.5. The van der Waals surface area contributed by atoms with Crippen molar-refractivity contribution in [3.63, 3.8) is 0 Å². The molecule has 0 radical (unpaired) electrons. The van der Waals surface area contributed by atoms with Gasteiger partial charge in [-0.15, -0.1) is 0 Å². The summed E-state index contributed by atoms with van der Waals surface area (Å²) >= 11 is 8.12. The minimum absolute atomic E-state index is 0.339. The van der Waals surface area contributed by atoms with Crippen LogP contribution < -0.4 is 5.32 Å². The zero-order valence-electron chi connectivity index (χ0n) is 10.2. The fourth-order valence-corrected chi connectivity index (χ4v) is 3.22. The lowest BCUT2D eigenvalue weighted by molar-refractivity contribution is 0.0601. The third-order valence-electron chi connectivity index (χ3n) is 2.97. The minimum atomic E-state index is -0.339. The van der Waals surface area contributed by atoms with Gasteiger partial charge in [0, 0.05) is 6.04 Å². The average molecular weight is 286 g/mol. The summed E-state index contributed by atoms with van der Waals surface area (Å²) in [4.78, 5) is 11.5. The predicted octanol–water partition coefficient (Wildman–Crippen LogP) is 3.43. The highest BCUT2D eigenvalue weighted by Crippen LogP contribution is 2.27. The van der Waals surface area contributed by atoms with Crippen molar-refractivity contribution in [2.75, 3.05) is 23.9 Å². The summed E-state index contributed by atoms with van der Waals surface area (Å²) in [6.45, 7) is 0. The highest BCUT2D eigenvalue weighted by Gasteiger charge is 2.16. The number of thioether (sulfide) groups is 1. The zero-order chi connectivity index (χ0) is 13.0. The molecule has 0 saturated carbocycles. The van der Waals surface area contributed by atoms with Gasteiger partial charge in [-0.3, -0.25) is 0 Å². The summed E-state index contributed by atoms with van der Waals surface area (Å²) < 4.78 is 4.71. The zero-order valence-corrected chi connectivity index (χ0v) is 11.8. The van der Waals surface area contributed by atoms with Crippen molar-refractivity contribution in [2.24, 2.45) is 0 Å². The molecular formula is C13H16ClNO2S. The molecule has 0 unspecified atom stereocenters. The van der Waals surface area contributed by atoms with Crippen LogP contribution in [-0.4, -0.2) is 30.6 Å². The van der Waals surface area contributed by atoms with Crippen LogP contribution in [0.15, 0.2) is 18.2 Å². The summed E-state index contributed by atoms with van der Waals surface area (Å²) in [7, 11) is 1.38. The molecule has 1 heterocycles. The number of methoxy groups -OCH3 is 1. The van der Waals surface area contributed by atoms with E-state index in [0.717, 1.165) is 18.5 Å². The first-order valence-electron chi connectivity index (χ1n) is 5.93. The van der Waals surface area contributed by atoms with E-state index in [0.29, 0.717) is 16.6 Å². The van der Waals surface area contributed by atoms with E-state index >= 15 is 0 Å². The number of carbonyl (C=O) groups is 1. The molecule has 1 saturated heterocycles. The van der Waals surface area contributed by atoms with Crippen molar-refractivity contribution in [3.8, 4) is 0 Å². The Balaban J connectivity index is 2.12. The molecule has 1 fully saturated rings. The Hall–Kier alpha value is -0.870. The van der Waals surface area contributed by atoms with Gasteiger partial charge in [0.2, 0.25) is 0 Å². The van der Waals surface area contributed by atoms with Gasteiger partial charge in [-0.1, -0.05) is 11.6 Å². The second kappa shape index (κ2) is 6.34. The molecule has 0 amide bonds. The number of carbonyl (C=O) groups excluding carboxylic acids is 1. The van der Waals surface area contributed by atoms with E-state index < -0.39 is 0 Å². The highest BCUT2D eigenvalue weighted by atomic mass is 35.5. The summed E-state index contributed by atoms with van der Waals surface area (Å²) in [6, 6.07) is 5.61. The average Bonchev–Trinajstić information content (AvgIpc) is 2.41. The molecule has 2 rings (SSSR count). The van der Waals surface area contributed by atoms with Crippen molar-refractivity contribution >= 4 is 35.0 Å². The van der Waals surface area contributed by atoms with Crippen molar-refractivity contribution < 1.29 is 9.53 Å². The Morgan fingerprint density at radius 3 is 2.83 bits per heavy atom. The van der Waals surface area contributed by atoms with E-state index in [9.17, 15) is 4.79 Å². The van der Waals surface area contributed by atoms with E-state index in [1.807, 2.05) is 11.8 Å². The number of anilines is 1. The van der Waals surface area contributed by atoms with Crippen LogP contribution in [0.2, 0.25) is 5.02 Å². The van der Waals surface area contributed by atoms with Gasteiger partial charge in [-0.05, 0) is 42.5 Å². The first-order chi connectivity index (χ1) is 8.70. The summed E-state index contributed by atoms with van der Waals surface area (Å²) in [5, 5.41) is 4.06. The quantitative estimate of drug-likeness (QED) is 0.864. The van der Waals surface area contributed by atoms with Crippen LogP contribution in [0.25, 0.3) is 0 Å². The summed E-state index contributed by atoms with van der Waals surface area (Å²) in [6.07, 6.45) is 2.26. The standard InChI is InChI=1S/C13H16ClNO2S/c1-17-13(16)9-2-3-11(14)12(8-9)15-10-4-6-18-7-5-10/h2-3,8,10,15H,4-7H2,1H3. The van der Waals surface area contributed by atoms with Crippen LogP contribution in [0.5, 0.6) is 0 Å².